The average molecular weight is 456 g/mol. The highest BCUT2D eigenvalue weighted by Gasteiger charge is 2.23. The van der Waals surface area contributed by atoms with E-state index in [4.69, 9.17) is 33.7 Å². The van der Waals surface area contributed by atoms with Crippen LogP contribution in [0.3, 0.4) is 0 Å². The van der Waals surface area contributed by atoms with Crippen molar-refractivity contribution in [3.63, 3.8) is 0 Å². The number of fused-ring (bicyclic) bond motifs is 1. The molecule has 156 valence electrons. The van der Waals surface area contributed by atoms with Gasteiger partial charge in [0.15, 0.2) is 5.82 Å². The van der Waals surface area contributed by atoms with E-state index < -0.39 is 11.8 Å². The molecule has 0 unspecified atom stereocenters. The number of primary amides is 1. The van der Waals surface area contributed by atoms with E-state index in [1.54, 1.807) is 36.4 Å². The van der Waals surface area contributed by atoms with E-state index in [1.807, 2.05) is 6.07 Å². The summed E-state index contributed by atoms with van der Waals surface area (Å²) < 4.78 is 6.40. The lowest BCUT2D eigenvalue weighted by molar-refractivity contribution is 0.100. The Morgan fingerprint density at radius 1 is 1.13 bits per heavy atom. The zero-order chi connectivity index (χ0) is 22.1. The number of methoxy groups -OCH3 is 1. The highest BCUT2D eigenvalue weighted by atomic mass is 35.5. The second-order valence-electron chi connectivity index (χ2n) is 6.45. The van der Waals surface area contributed by atoms with E-state index in [1.165, 1.54) is 24.1 Å². The first-order valence-electron chi connectivity index (χ1n) is 8.98. The first-order chi connectivity index (χ1) is 14.9. The number of hydrogen-bond donors (Lipinski definition) is 2. The number of ether oxygens (including phenoxy) is 1. The van der Waals surface area contributed by atoms with E-state index >= 15 is 0 Å². The SMILES string of the molecule is COc1cc(C(=O)Nc2c(C(N)=O)cc3ccccc3c2Cl)n(-c2ncccc2Cl)n1. The molecule has 0 saturated heterocycles. The molecule has 0 fully saturated rings. The normalized spacial score (nSPS) is 10.8. The zero-order valence-electron chi connectivity index (χ0n) is 16.1. The van der Waals surface area contributed by atoms with Crippen LogP contribution < -0.4 is 15.8 Å². The molecule has 2 heterocycles. The van der Waals surface area contributed by atoms with Crippen LogP contribution in [0.5, 0.6) is 5.88 Å². The summed E-state index contributed by atoms with van der Waals surface area (Å²) >= 11 is 12.8. The van der Waals surface area contributed by atoms with Crippen molar-refractivity contribution in [1.29, 1.82) is 0 Å². The molecule has 0 bridgehead atoms. The molecule has 2 amide bonds. The Bertz CT molecular complexity index is 1340. The van der Waals surface area contributed by atoms with Crippen molar-refractivity contribution in [1.82, 2.24) is 14.8 Å². The number of benzene rings is 2. The number of hydrogen-bond acceptors (Lipinski definition) is 5. The molecule has 10 heteroatoms. The van der Waals surface area contributed by atoms with Gasteiger partial charge in [0.05, 0.1) is 28.4 Å². The summed E-state index contributed by atoms with van der Waals surface area (Å²) in [5, 5.41) is 8.73. The number of carbonyl (C=O) groups excluding carboxylic acids is 2. The highest BCUT2D eigenvalue weighted by molar-refractivity contribution is 6.40. The molecule has 3 N–H and O–H groups in total. The Morgan fingerprint density at radius 2 is 1.90 bits per heavy atom. The van der Waals surface area contributed by atoms with Crippen LogP contribution in [0.1, 0.15) is 20.8 Å². The van der Waals surface area contributed by atoms with Crippen LogP contribution in [0, 0.1) is 0 Å². The summed E-state index contributed by atoms with van der Waals surface area (Å²) in [4.78, 5) is 29.5. The van der Waals surface area contributed by atoms with Gasteiger partial charge in [-0.25, -0.2) is 9.67 Å². The molecular weight excluding hydrogens is 441 g/mol. The van der Waals surface area contributed by atoms with Crippen molar-refractivity contribution in [2.24, 2.45) is 5.73 Å². The molecule has 2 aromatic carbocycles. The average Bonchev–Trinajstić information content (AvgIpc) is 3.20. The monoisotopic (exact) mass is 455 g/mol. The maximum atomic E-state index is 13.2. The molecule has 0 aliphatic rings. The Hall–Kier alpha value is -3.62. The molecule has 0 aliphatic heterocycles. The van der Waals surface area contributed by atoms with Gasteiger partial charge in [-0.05, 0) is 23.6 Å². The Morgan fingerprint density at radius 3 is 2.61 bits per heavy atom. The summed E-state index contributed by atoms with van der Waals surface area (Å²) in [5.41, 5.74) is 5.78. The van der Waals surface area contributed by atoms with Gasteiger partial charge in [-0.2, -0.15) is 0 Å². The lowest BCUT2D eigenvalue weighted by Crippen LogP contribution is -2.21. The fourth-order valence-electron chi connectivity index (χ4n) is 3.11. The molecule has 0 atom stereocenters. The number of anilines is 1. The van der Waals surface area contributed by atoms with Gasteiger partial charge in [0.1, 0.15) is 5.69 Å². The molecule has 0 aliphatic carbocycles. The van der Waals surface area contributed by atoms with E-state index in [0.29, 0.717) is 10.8 Å². The van der Waals surface area contributed by atoms with Gasteiger partial charge < -0.3 is 15.8 Å². The first kappa shape index (κ1) is 20.6. The minimum Gasteiger partial charge on any atom is -0.480 e. The van der Waals surface area contributed by atoms with Gasteiger partial charge in [0.2, 0.25) is 5.88 Å². The smallest absolute Gasteiger partial charge is 0.274 e. The first-order valence-corrected chi connectivity index (χ1v) is 9.73. The maximum absolute atomic E-state index is 13.2. The highest BCUT2D eigenvalue weighted by Crippen LogP contribution is 2.35. The second-order valence-corrected chi connectivity index (χ2v) is 7.23. The predicted molar refractivity (Wildman–Crippen MR) is 118 cm³/mol. The van der Waals surface area contributed by atoms with Crippen molar-refractivity contribution >= 4 is 51.5 Å². The summed E-state index contributed by atoms with van der Waals surface area (Å²) in [6.07, 6.45) is 1.52. The van der Waals surface area contributed by atoms with E-state index in [9.17, 15) is 9.59 Å². The lowest BCUT2D eigenvalue weighted by atomic mass is 10.0. The van der Waals surface area contributed by atoms with Gasteiger partial charge >= 0.3 is 0 Å². The van der Waals surface area contributed by atoms with Crippen LogP contribution in [-0.4, -0.2) is 33.7 Å². The number of carbonyl (C=O) groups is 2. The number of rotatable bonds is 5. The number of amides is 2. The molecule has 8 nitrogen and oxygen atoms in total. The third-order valence-corrected chi connectivity index (χ3v) is 5.25. The molecular formula is C21H15Cl2N5O3. The van der Waals surface area contributed by atoms with Crippen molar-refractivity contribution < 1.29 is 14.3 Å². The van der Waals surface area contributed by atoms with Crippen LogP contribution in [0.4, 0.5) is 5.69 Å². The van der Waals surface area contributed by atoms with Gasteiger partial charge in [-0.3, -0.25) is 9.59 Å². The topological polar surface area (TPSA) is 112 Å². The molecule has 31 heavy (non-hydrogen) atoms. The van der Waals surface area contributed by atoms with E-state index in [0.717, 1.165) is 0 Å². The van der Waals surface area contributed by atoms with Gasteiger partial charge in [-0.1, -0.05) is 47.5 Å². The lowest BCUT2D eigenvalue weighted by Gasteiger charge is -2.14. The number of halogens is 2. The van der Waals surface area contributed by atoms with Crippen molar-refractivity contribution in [2.75, 3.05) is 12.4 Å². The molecule has 2 aromatic heterocycles. The Balaban J connectivity index is 1.83. The summed E-state index contributed by atoms with van der Waals surface area (Å²) in [6, 6.07) is 13.4. The van der Waals surface area contributed by atoms with Crippen molar-refractivity contribution in [3.8, 4) is 11.7 Å². The van der Waals surface area contributed by atoms with Crippen LogP contribution in [0.25, 0.3) is 16.6 Å². The minimum atomic E-state index is -0.734. The molecule has 0 radical (unpaired) electrons. The van der Waals surface area contributed by atoms with Crippen molar-refractivity contribution in [3.05, 3.63) is 76.0 Å². The Labute approximate surface area is 186 Å². The van der Waals surface area contributed by atoms with Gasteiger partial charge in [0.25, 0.3) is 11.8 Å². The number of aromatic nitrogens is 3. The summed E-state index contributed by atoms with van der Waals surface area (Å²) in [7, 11) is 1.42. The van der Waals surface area contributed by atoms with Crippen LogP contribution in [-0.2, 0) is 0 Å². The predicted octanol–water partition coefficient (Wildman–Crippen LogP) is 4.09. The Kier molecular flexibility index (Phi) is 5.50. The zero-order valence-corrected chi connectivity index (χ0v) is 17.6. The third kappa shape index (κ3) is 3.78. The molecule has 4 aromatic rings. The number of nitrogens with zero attached hydrogens (tertiary/aromatic N) is 3. The molecule has 0 saturated carbocycles. The number of nitrogens with two attached hydrogens (primary N) is 1. The fourth-order valence-corrected chi connectivity index (χ4v) is 3.64. The maximum Gasteiger partial charge on any atom is 0.274 e. The summed E-state index contributed by atoms with van der Waals surface area (Å²) in [5.74, 6) is -0.942. The fraction of sp³-hybridized carbons (Fsp3) is 0.0476. The van der Waals surface area contributed by atoms with E-state index in [2.05, 4.69) is 15.4 Å². The number of pyridine rings is 1. The van der Waals surface area contributed by atoms with Crippen LogP contribution in [0.2, 0.25) is 10.0 Å². The second kappa shape index (κ2) is 8.25. The van der Waals surface area contributed by atoms with Crippen molar-refractivity contribution in [2.45, 2.75) is 0 Å². The van der Waals surface area contributed by atoms with Crippen LogP contribution >= 0.6 is 23.2 Å². The summed E-state index contributed by atoms with van der Waals surface area (Å²) in [6.45, 7) is 0. The van der Waals surface area contributed by atoms with Gasteiger partial charge in [-0.15, -0.1) is 5.10 Å². The number of nitrogens with one attached hydrogen (secondary N) is 1. The third-order valence-electron chi connectivity index (χ3n) is 4.56. The molecule has 0 spiro atoms. The van der Waals surface area contributed by atoms with E-state index in [-0.39, 0.29) is 38.7 Å². The van der Waals surface area contributed by atoms with Crippen LogP contribution in [0.15, 0.2) is 54.7 Å². The quantitative estimate of drug-likeness (QED) is 0.470. The largest absolute Gasteiger partial charge is 0.480 e. The molecule has 4 rings (SSSR count). The standard InChI is InChI=1S/C21H15Cl2N5O3/c1-31-16-10-15(28(27-16)20-14(22)7-4-8-25-20)21(30)26-18-13(19(24)29)9-11-5-2-3-6-12(11)17(18)23/h2-10H,1H3,(H2,24,29)(H,26,30). The minimum absolute atomic E-state index is 0.0668. The van der Waals surface area contributed by atoms with Gasteiger partial charge in [0, 0.05) is 17.6 Å².